The van der Waals surface area contributed by atoms with E-state index < -0.39 is 6.10 Å². The van der Waals surface area contributed by atoms with Gasteiger partial charge in [0.25, 0.3) is 0 Å². The fourth-order valence-electron chi connectivity index (χ4n) is 6.70. The molecule has 0 aliphatic heterocycles. The molecule has 0 aromatic heterocycles. The lowest BCUT2D eigenvalue weighted by molar-refractivity contribution is -0.167. The smallest absolute Gasteiger partial charge is 0.306 e. The number of esters is 3. The summed E-state index contributed by atoms with van der Waals surface area (Å²) in [5.41, 5.74) is 0. The molecule has 6 heteroatoms. The largest absolute Gasteiger partial charge is 0.462 e. The Labute approximate surface area is 370 Å². The van der Waals surface area contributed by atoms with Crippen molar-refractivity contribution in [3.8, 4) is 0 Å². The molecule has 0 fully saturated rings. The monoisotopic (exact) mass is 837 g/mol. The van der Waals surface area contributed by atoms with Gasteiger partial charge in [0, 0.05) is 19.3 Å². The maximum Gasteiger partial charge on any atom is 0.306 e. The summed E-state index contributed by atoms with van der Waals surface area (Å²) < 4.78 is 16.7. The van der Waals surface area contributed by atoms with Crippen molar-refractivity contribution in [2.75, 3.05) is 13.2 Å². The molecule has 0 saturated carbocycles. The molecule has 1 unspecified atom stereocenters. The molecule has 344 valence electrons. The third-order valence-corrected chi connectivity index (χ3v) is 10.4. The molecule has 0 saturated heterocycles. The second kappa shape index (κ2) is 48.5. The maximum atomic E-state index is 12.7. The van der Waals surface area contributed by atoms with Gasteiger partial charge in [0.1, 0.15) is 13.2 Å². The Kier molecular flexibility index (Phi) is 46.0. The molecule has 0 aliphatic carbocycles. The number of rotatable bonds is 44. The summed E-state index contributed by atoms with van der Waals surface area (Å²) >= 11 is 0. The second-order valence-corrected chi connectivity index (χ2v) is 16.3. The molecule has 0 N–H and O–H groups in total. The van der Waals surface area contributed by atoms with Crippen LogP contribution in [0.1, 0.15) is 233 Å². The van der Waals surface area contributed by atoms with Crippen LogP contribution < -0.4 is 0 Å². The van der Waals surface area contributed by atoms with Crippen LogP contribution in [0, 0.1) is 0 Å². The molecule has 0 aromatic rings. The van der Waals surface area contributed by atoms with Gasteiger partial charge >= 0.3 is 17.9 Å². The van der Waals surface area contributed by atoms with Gasteiger partial charge in [0.15, 0.2) is 6.10 Å². The van der Waals surface area contributed by atoms with Crippen LogP contribution in [0.2, 0.25) is 0 Å². The van der Waals surface area contributed by atoms with Gasteiger partial charge in [-0.3, -0.25) is 14.4 Å². The molecule has 60 heavy (non-hydrogen) atoms. The first-order chi connectivity index (χ1) is 29.5. The SMILES string of the molecule is CC/C=C\C/C=C\C/C=C\C/C=C\CCCCCCC(=O)OC(COC(=O)CCCCCCCC)COC(=O)CCCCCCCCCCC/C=C\C/C=C\CCCCC. The highest BCUT2D eigenvalue weighted by Gasteiger charge is 2.19. The van der Waals surface area contributed by atoms with E-state index in [1.165, 1.54) is 89.9 Å². The third kappa shape index (κ3) is 45.9. The standard InChI is InChI=1S/C54H92O6/c1-4-7-10-13-16-18-20-22-24-26-27-29-30-32-34-36-38-41-44-47-53(56)59-50-51(49-58-52(55)46-43-40-15-12-9-6-3)60-54(57)48-45-42-39-37-35-33-31-28-25-23-21-19-17-14-11-8-5-2/h8,11,16-19,22-25,31,33,51H,4-7,9-10,12-15,20-21,26-30,32,34-50H2,1-3H3/b11-8-,18-16-,19-17-,24-22-,25-23-,33-31-. The van der Waals surface area contributed by atoms with Crippen LogP contribution in [0.15, 0.2) is 72.9 Å². The number of ether oxygens (including phenoxy) is 3. The Bertz CT molecular complexity index is 1140. The van der Waals surface area contributed by atoms with Crippen molar-refractivity contribution in [3.05, 3.63) is 72.9 Å². The number of hydrogen-bond acceptors (Lipinski definition) is 6. The summed E-state index contributed by atoms with van der Waals surface area (Å²) in [6.07, 6.45) is 60.5. The zero-order valence-electron chi connectivity index (χ0n) is 39.2. The second-order valence-electron chi connectivity index (χ2n) is 16.3. The highest BCUT2D eigenvalue weighted by atomic mass is 16.6. The lowest BCUT2D eigenvalue weighted by Crippen LogP contribution is -2.30. The molecule has 0 aliphatic rings. The summed E-state index contributed by atoms with van der Waals surface area (Å²) in [7, 11) is 0. The number of unbranched alkanes of at least 4 members (excludes halogenated alkanes) is 21. The van der Waals surface area contributed by atoms with Crippen LogP contribution in [0.5, 0.6) is 0 Å². The van der Waals surface area contributed by atoms with Crippen LogP contribution in [0.3, 0.4) is 0 Å². The van der Waals surface area contributed by atoms with Gasteiger partial charge in [0.2, 0.25) is 0 Å². The molecular weight excluding hydrogens is 745 g/mol. The summed E-state index contributed by atoms with van der Waals surface area (Å²) in [6.45, 7) is 6.41. The first kappa shape index (κ1) is 56.9. The average Bonchev–Trinajstić information content (AvgIpc) is 3.24. The lowest BCUT2D eigenvalue weighted by Gasteiger charge is -2.18. The highest BCUT2D eigenvalue weighted by molar-refractivity contribution is 5.71. The number of carbonyl (C=O) groups excluding carboxylic acids is 3. The van der Waals surface area contributed by atoms with Crippen molar-refractivity contribution in [2.24, 2.45) is 0 Å². The van der Waals surface area contributed by atoms with Crippen LogP contribution in [-0.2, 0) is 28.6 Å². The molecule has 0 amide bonds. The lowest BCUT2D eigenvalue weighted by atomic mass is 10.1. The Hall–Kier alpha value is -3.15. The zero-order chi connectivity index (χ0) is 43.7. The minimum Gasteiger partial charge on any atom is -0.462 e. The molecule has 0 spiro atoms. The van der Waals surface area contributed by atoms with E-state index in [1.807, 2.05) is 0 Å². The first-order valence-corrected chi connectivity index (χ1v) is 24.9. The van der Waals surface area contributed by atoms with E-state index in [9.17, 15) is 14.4 Å². The van der Waals surface area contributed by atoms with Crippen molar-refractivity contribution >= 4 is 17.9 Å². The van der Waals surface area contributed by atoms with E-state index in [4.69, 9.17) is 14.2 Å². The van der Waals surface area contributed by atoms with Crippen LogP contribution in [0.4, 0.5) is 0 Å². The van der Waals surface area contributed by atoms with Gasteiger partial charge in [-0.1, -0.05) is 196 Å². The molecule has 0 aromatic carbocycles. The van der Waals surface area contributed by atoms with Crippen molar-refractivity contribution < 1.29 is 28.6 Å². The zero-order valence-corrected chi connectivity index (χ0v) is 39.2. The van der Waals surface area contributed by atoms with E-state index in [0.29, 0.717) is 19.3 Å². The molecule has 0 bridgehead atoms. The highest BCUT2D eigenvalue weighted by Crippen LogP contribution is 2.14. The van der Waals surface area contributed by atoms with Crippen LogP contribution in [0.25, 0.3) is 0 Å². The molecule has 6 nitrogen and oxygen atoms in total. The Balaban J connectivity index is 4.27. The number of carbonyl (C=O) groups is 3. The summed E-state index contributed by atoms with van der Waals surface area (Å²) in [5.74, 6) is -0.926. The van der Waals surface area contributed by atoms with Crippen molar-refractivity contribution in [1.29, 1.82) is 0 Å². The summed E-state index contributed by atoms with van der Waals surface area (Å²) in [4.78, 5) is 37.7. The topological polar surface area (TPSA) is 78.9 Å². The normalized spacial score (nSPS) is 12.7. The quantitative estimate of drug-likeness (QED) is 0.0263. The predicted molar refractivity (Wildman–Crippen MR) is 256 cm³/mol. The van der Waals surface area contributed by atoms with Gasteiger partial charge in [-0.15, -0.1) is 0 Å². The minimum atomic E-state index is -0.786. The van der Waals surface area contributed by atoms with Gasteiger partial charge in [0.05, 0.1) is 0 Å². The average molecular weight is 837 g/mol. The molecular formula is C54H92O6. The van der Waals surface area contributed by atoms with Crippen molar-refractivity contribution in [2.45, 2.75) is 239 Å². The number of allylic oxidation sites excluding steroid dienone is 12. The van der Waals surface area contributed by atoms with E-state index in [2.05, 4.69) is 93.7 Å². The minimum absolute atomic E-state index is 0.0872. The third-order valence-electron chi connectivity index (χ3n) is 10.4. The molecule has 0 rings (SSSR count). The van der Waals surface area contributed by atoms with Gasteiger partial charge in [-0.2, -0.15) is 0 Å². The van der Waals surface area contributed by atoms with Crippen LogP contribution >= 0.6 is 0 Å². The van der Waals surface area contributed by atoms with E-state index in [0.717, 1.165) is 103 Å². The van der Waals surface area contributed by atoms with E-state index >= 15 is 0 Å². The molecule has 0 heterocycles. The first-order valence-electron chi connectivity index (χ1n) is 24.9. The summed E-state index contributed by atoms with van der Waals surface area (Å²) in [6, 6.07) is 0. The summed E-state index contributed by atoms with van der Waals surface area (Å²) in [5, 5.41) is 0. The van der Waals surface area contributed by atoms with Gasteiger partial charge < -0.3 is 14.2 Å². The van der Waals surface area contributed by atoms with Gasteiger partial charge in [-0.25, -0.2) is 0 Å². The fourth-order valence-corrected chi connectivity index (χ4v) is 6.70. The Morgan fingerprint density at radius 2 is 0.650 bits per heavy atom. The molecule has 1 atom stereocenters. The van der Waals surface area contributed by atoms with Gasteiger partial charge in [-0.05, 0) is 89.9 Å². The predicted octanol–water partition coefficient (Wildman–Crippen LogP) is 16.3. The van der Waals surface area contributed by atoms with Crippen molar-refractivity contribution in [3.63, 3.8) is 0 Å². The van der Waals surface area contributed by atoms with Crippen LogP contribution in [-0.4, -0.2) is 37.2 Å². The Morgan fingerprint density at radius 3 is 1.05 bits per heavy atom. The fraction of sp³-hybridized carbons (Fsp3) is 0.722. The van der Waals surface area contributed by atoms with Crippen molar-refractivity contribution in [1.82, 2.24) is 0 Å². The van der Waals surface area contributed by atoms with E-state index in [-0.39, 0.29) is 31.1 Å². The maximum absolute atomic E-state index is 12.7. The molecule has 0 radical (unpaired) electrons. The van der Waals surface area contributed by atoms with E-state index in [1.54, 1.807) is 0 Å². The Morgan fingerprint density at radius 1 is 0.350 bits per heavy atom. The number of hydrogen-bond donors (Lipinski definition) is 0.